The SMILES string of the molecule is CC(C)(C)c1ccc(C(C)(C)CNCCCl)cc1. The molecule has 0 aliphatic heterocycles. The van der Waals surface area contributed by atoms with E-state index in [2.05, 4.69) is 64.2 Å². The van der Waals surface area contributed by atoms with Crippen LogP contribution >= 0.6 is 11.6 Å². The maximum atomic E-state index is 5.68. The normalized spacial score (nSPS) is 12.8. The number of nitrogens with one attached hydrogen (secondary N) is 1. The molecule has 0 aromatic heterocycles. The number of hydrogen-bond acceptors (Lipinski definition) is 1. The van der Waals surface area contributed by atoms with Crippen molar-refractivity contribution in [2.75, 3.05) is 19.0 Å². The van der Waals surface area contributed by atoms with Crippen molar-refractivity contribution in [2.24, 2.45) is 0 Å². The third-order valence-electron chi connectivity index (χ3n) is 3.37. The molecule has 18 heavy (non-hydrogen) atoms. The summed E-state index contributed by atoms with van der Waals surface area (Å²) in [7, 11) is 0. The molecular weight excluding hydrogens is 242 g/mol. The van der Waals surface area contributed by atoms with E-state index < -0.39 is 0 Å². The minimum atomic E-state index is 0.141. The number of benzene rings is 1. The molecule has 0 aliphatic rings. The average Bonchev–Trinajstić information content (AvgIpc) is 2.28. The first kappa shape index (κ1) is 15.5. The minimum absolute atomic E-state index is 0.141. The Bertz CT molecular complexity index is 360. The zero-order valence-electron chi connectivity index (χ0n) is 12.3. The first-order chi connectivity index (χ1) is 8.27. The molecule has 0 bridgehead atoms. The largest absolute Gasteiger partial charge is 0.315 e. The second kappa shape index (κ2) is 6.08. The van der Waals surface area contributed by atoms with E-state index in [1.54, 1.807) is 0 Å². The predicted molar refractivity (Wildman–Crippen MR) is 81.8 cm³/mol. The maximum Gasteiger partial charge on any atom is 0.0348 e. The molecule has 2 heteroatoms. The highest BCUT2D eigenvalue weighted by atomic mass is 35.5. The lowest BCUT2D eigenvalue weighted by atomic mass is 9.81. The van der Waals surface area contributed by atoms with Crippen molar-refractivity contribution in [3.05, 3.63) is 35.4 Å². The quantitative estimate of drug-likeness (QED) is 0.626. The van der Waals surface area contributed by atoms with Crippen LogP contribution in [0.5, 0.6) is 0 Å². The highest BCUT2D eigenvalue weighted by Crippen LogP contribution is 2.27. The highest BCUT2D eigenvalue weighted by Gasteiger charge is 2.21. The Kier molecular flexibility index (Phi) is 5.24. The van der Waals surface area contributed by atoms with Crippen molar-refractivity contribution in [1.29, 1.82) is 0 Å². The van der Waals surface area contributed by atoms with Crippen LogP contribution in [0.25, 0.3) is 0 Å². The van der Waals surface area contributed by atoms with E-state index in [9.17, 15) is 0 Å². The van der Waals surface area contributed by atoms with E-state index >= 15 is 0 Å². The number of alkyl halides is 1. The second-order valence-electron chi connectivity index (χ2n) is 6.58. The summed E-state index contributed by atoms with van der Waals surface area (Å²) in [6.45, 7) is 13.1. The van der Waals surface area contributed by atoms with Gasteiger partial charge in [-0.25, -0.2) is 0 Å². The first-order valence-electron chi connectivity index (χ1n) is 6.65. The Balaban J connectivity index is 2.77. The molecule has 0 unspecified atom stereocenters. The van der Waals surface area contributed by atoms with Crippen LogP contribution in [0.15, 0.2) is 24.3 Å². The molecule has 0 spiro atoms. The van der Waals surface area contributed by atoms with Crippen molar-refractivity contribution in [1.82, 2.24) is 5.32 Å². The third kappa shape index (κ3) is 4.29. The Morgan fingerprint density at radius 2 is 1.44 bits per heavy atom. The second-order valence-corrected chi connectivity index (χ2v) is 6.95. The zero-order valence-corrected chi connectivity index (χ0v) is 13.1. The molecule has 1 aromatic carbocycles. The van der Waals surface area contributed by atoms with Gasteiger partial charge in [-0.05, 0) is 16.5 Å². The van der Waals surface area contributed by atoms with Gasteiger partial charge in [-0.15, -0.1) is 11.6 Å². The van der Waals surface area contributed by atoms with Crippen molar-refractivity contribution < 1.29 is 0 Å². The van der Waals surface area contributed by atoms with Gasteiger partial charge in [0.1, 0.15) is 0 Å². The summed E-state index contributed by atoms with van der Waals surface area (Å²) in [5.74, 6) is 0.666. The smallest absolute Gasteiger partial charge is 0.0348 e. The Morgan fingerprint density at radius 1 is 0.944 bits per heavy atom. The minimum Gasteiger partial charge on any atom is -0.315 e. The Hall–Kier alpha value is -0.530. The van der Waals surface area contributed by atoms with Gasteiger partial charge in [0.05, 0.1) is 0 Å². The van der Waals surface area contributed by atoms with Crippen molar-refractivity contribution >= 4 is 11.6 Å². The molecule has 102 valence electrons. The molecule has 0 amide bonds. The van der Waals surface area contributed by atoms with Crippen LogP contribution in [0.1, 0.15) is 45.7 Å². The van der Waals surface area contributed by atoms with Gasteiger partial charge in [0.25, 0.3) is 0 Å². The molecule has 0 atom stereocenters. The van der Waals surface area contributed by atoms with E-state index in [0.29, 0.717) is 5.88 Å². The van der Waals surface area contributed by atoms with Crippen molar-refractivity contribution in [2.45, 2.75) is 45.4 Å². The van der Waals surface area contributed by atoms with Crippen LogP contribution in [0, 0.1) is 0 Å². The van der Waals surface area contributed by atoms with Crippen LogP contribution in [0.3, 0.4) is 0 Å². The summed E-state index contributed by atoms with van der Waals surface area (Å²) < 4.78 is 0. The van der Waals surface area contributed by atoms with Crippen LogP contribution in [0.4, 0.5) is 0 Å². The van der Waals surface area contributed by atoms with Crippen LogP contribution in [0.2, 0.25) is 0 Å². The van der Waals surface area contributed by atoms with Gasteiger partial charge in [0.15, 0.2) is 0 Å². The van der Waals surface area contributed by atoms with Gasteiger partial charge < -0.3 is 5.32 Å². The summed E-state index contributed by atoms with van der Waals surface area (Å²) in [4.78, 5) is 0. The fraction of sp³-hybridized carbons (Fsp3) is 0.625. The van der Waals surface area contributed by atoms with E-state index in [4.69, 9.17) is 11.6 Å². The standard InChI is InChI=1S/C16H26ClN/c1-15(2,3)13-6-8-14(9-7-13)16(4,5)12-18-11-10-17/h6-9,18H,10-12H2,1-5H3. The van der Waals surface area contributed by atoms with E-state index in [0.717, 1.165) is 13.1 Å². The first-order valence-corrected chi connectivity index (χ1v) is 7.18. The number of hydrogen-bond donors (Lipinski definition) is 1. The van der Waals surface area contributed by atoms with Gasteiger partial charge in [-0.1, -0.05) is 58.9 Å². The van der Waals surface area contributed by atoms with Crippen molar-refractivity contribution in [3.63, 3.8) is 0 Å². The van der Waals surface area contributed by atoms with Gasteiger partial charge in [-0.2, -0.15) is 0 Å². The summed E-state index contributed by atoms with van der Waals surface area (Å²) >= 11 is 5.68. The maximum absolute atomic E-state index is 5.68. The lowest BCUT2D eigenvalue weighted by Crippen LogP contribution is -2.34. The monoisotopic (exact) mass is 267 g/mol. The van der Waals surface area contributed by atoms with Crippen LogP contribution in [-0.2, 0) is 10.8 Å². The predicted octanol–water partition coefficient (Wildman–Crippen LogP) is 4.09. The summed E-state index contributed by atoms with van der Waals surface area (Å²) in [5, 5.41) is 3.39. The van der Waals surface area contributed by atoms with Gasteiger partial charge >= 0.3 is 0 Å². The fourth-order valence-corrected chi connectivity index (χ4v) is 2.12. The van der Waals surface area contributed by atoms with Crippen LogP contribution in [-0.4, -0.2) is 19.0 Å². The van der Waals surface area contributed by atoms with E-state index in [-0.39, 0.29) is 10.8 Å². The molecule has 1 rings (SSSR count). The number of halogens is 1. The Morgan fingerprint density at radius 3 is 1.89 bits per heavy atom. The topological polar surface area (TPSA) is 12.0 Å². The average molecular weight is 268 g/mol. The van der Waals surface area contributed by atoms with Crippen LogP contribution < -0.4 is 5.32 Å². The zero-order chi connectivity index (χ0) is 13.8. The van der Waals surface area contributed by atoms with Gasteiger partial charge in [-0.3, -0.25) is 0 Å². The molecule has 0 fully saturated rings. The summed E-state index contributed by atoms with van der Waals surface area (Å²) in [6, 6.07) is 9.00. The fourth-order valence-electron chi connectivity index (χ4n) is 1.99. The molecule has 0 saturated carbocycles. The van der Waals surface area contributed by atoms with Crippen molar-refractivity contribution in [3.8, 4) is 0 Å². The van der Waals surface area contributed by atoms with Gasteiger partial charge in [0.2, 0.25) is 0 Å². The molecule has 0 saturated heterocycles. The van der Waals surface area contributed by atoms with E-state index in [1.165, 1.54) is 11.1 Å². The van der Waals surface area contributed by atoms with Gasteiger partial charge in [0, 0.05) is 24.4 Å². The third-order valence-corrected chi connectivity index (χ3v) is 3.56. The molecule has 0 aliphatic carbocycles. The highest BCUT2D eigenvalue weighted by molar-refractivity contribution is 6.18. The number of rotatable bonds is 5. The molecule has 1 aromatic rings. The summed E-state index contributed by atoms with van der Waals surface area (Å²) in [6.07, 6.45) is 0. The van der Waals surface area contributed by atoms with E-state index in [1.807, 2.05) is 0 Å². The molecule has 1 N–H and O–H groups in total. The lowest BCUT2D eigenvalue weighted by molar-refractivity contribution is 0.477. The Labute approximate surface area is 117 Å². The lowest BCUT2D eigenvalue weighted by Gasteiger charge is -2.27. The molecule has 1 nitrogen and oxygen atoms in total. The molecule has 0 heterocycles. The molecule has 0 radical (unpaired) electrons. The molecular formula is C16H26ClN. The summed E-state index contributed by atoms with van der Waals surface area (Å²) in [5.41, 5.74) is 3.12.